The van der Waals surface area contributed by atoms with E-state index in [1.807, 2.05) is 6.07 Å². The molecule has 0 amide bonds. The molecule has 0 spiro atoms. The van der Waals surface area contributed by atoms with Crippen molar-refractivity contribution in [2.24, 2.45) is 0 Å². The van der Waals surface area contributed by atoms with E-state index in [1.165, 1.54) is 11.2 Å². The van der Waals surface area contributed by atoms with Crippen molar-refractivity contribution in [3.05, 3.63) is 44.1 Å². The Labute approximate surface area is 114 Å². The summed E-state index contributed by atoms with van der Waals surface area (Å²) in [6, 6.07) is 4.12. The predicted octanol–water partition coefficient (Wildman–Crippen LogP) is 2.87. The normalized spacial score (nSPS) is 11.5. The quantitative estimate of drug-likeness (QED) is 0.907. The number of nitrogens with one attached hydrogen (secondary N) is 2. The molecule has 18 heavy (non-hydrogen) atoms. The summed E-state index contributed by atoms with van der Waals surface area (Å²) < 4.78 is 0. The largest absolute Gasteiger partial charge is 0.368 e. The molecule has 2 aromatic rings. The first kappa shape index (κ1) is 13.1. The lowest BCUT2D eigenvalue weighted by Gasteiger charge is -2.24. The minimum Gasteiger partial charge on any atom is -0.368 e. The molecule has 0 atom stereocenters. The molecule has 96 valence electrons. The van der Waals surface area contributed by atoms with E-state index >= 15 is 0 Å². The van der Waals surface area contributed by atoms with E-state index in [1.54, 1.807) is 11.3 Å². The molecule has 4 nitrogen and oxygen atoms in total. The number of hydrogen-bond acceptors (Lipinski definition) is 4. The number of H-pyrrole nitrogens is 1. The van der Waals surface area contributed by atoms with Crippen LogP contribution in [0.3, 0.4) is 0 Å². The van der Waals surface area contributed by atoms with Gasteiger partial charge in [0.2, 0.25) is 0 Å². The highest BCUT2D eigenvalue weighted by Gasteiger charge is 2.22. The third-order valence-corrected chi connectivity index (χ3v) is 4.27. The van der Waals surface area contributed by atoms with Gasteiger partial charge in [-0.15, -0.1) is 11.3 Å². The van der Waals surface area contributed by atoms with Crippen molar-refractivity contribution in [2.45, 2.75) is 19.3 Å². The van der Waals surface area contributed by atoms with Crippen molar-refractivity contribution < 1.29 is 0 Å². The lowest BCUT2D eigenvalue weighted by molar-refractivity contribution is 0.568. The summed E-state index contributed by atoms with van der Waals surface area (Å²) in [6.07, 6.45) is 1.34. The van der Waals surface area contributed by atoms with E-state index in [4.69, 9.17) is 11.6 Å². The van der Waals surface area contributed by atoms with Gasteiger partial charge in [0.25, 0.3) is 5.56 Å². The molecule has 2 rings (SSSR count). The van der Waals surface area contributed by atoms with Gasteiger partial charge in [-0.05, 0) is 11.4 Å². The summed E-state index contributed by atoms with van der Waals surface area (Å²) in [7, 11) is 0. The first-order chi connectivity index (χ1) is 8.50. The maximum Gasteiger partial charge on any atom is 0.271 e. The fraction of sp³-hybridized carbons (Fsp3) is 0.333. The van der Waals surface area contributed by atoms with E-state index in [0.717, 1.165) is 0 Å². The maximum absolute atomic E-state index is 11.3. The van der Waals surface area contributed by atoms with Crippen molar-refractivity contribution in [2.75, 3.05) is 11.9 Å². The van der Waals surface area contributed by atoms with Crippen molar-refractivity contribution in [3.8, 4) is 0 Å². The third kappa shape index (κ3) is 2.73. The fourth-order valence-electron chi connectivity index (χ4n) is 1.56. The van der Waals surface area contributed by atoms with Crippen molar-refractivity contribution in [1.82, 2.24) is 9.97 Å². The first-order valence-corrected chi connectivity index (χ1v) is 6.77. The van der Waals surface area contributed by atoms with Crippen LogP contribution in [0.2, 0.25) is 5.02 Å². The summed E-state index contributed by atoms with van der Waals surface area (Å²) in [5.74, 6) is 0.421. The molecule has 0 aliphatic rings. The highest BCUT2D eigenvalue weighted by Crippen LogP contribution is 2.28. The number of nitrogens with zero attached hydrogens (tertiary/aromatic N) is 1. The zero-order valence-electron chi connectivity index (χ0n) is 10.2. The lowest BCUT2D eigenvalue weighted by Crippen LogP contribution is -2.27. The molecule has 6 heteroatoms. The number of halogens is 1. The predicted molar refractivity (Wildman–Crippen MR) is 75.7 cm³/mol. The van der Waals surface area contributed by atoms with E-state index in [2.05, 4.69) is 40.6 Å². The van der Waals surface area contributed by atoms with E-state index in [0.29, 0.717) is 12.4 Å². The standard InChI is InChI=1S/C12H14ClN3OS/c1-12(2,8-4-3-5-18-8)6-14-10-9(13)11(17)16-7-15-10/h3-5,7H,6H2,1-2H3,(H2,14,15,16,17). The highest BCUT2D eigenvalue weighted by molar-refractivity contribution is 7.10. The van der Waals surface area contributed by atoms with Crippen LogP contribution >= 0.6 is 22.9 Å². The Morgan fingerprint density at radius 3 is 3.00 bits per heavy atom. The Morgan fingerprint density at radius 1 is 1.56 bits per heavy atom. The van der Waals surface area contributed by atoms with Crippen LogP contribution < -0.4 is 10.9 Å². The van der Waals surface area contributed by atoms with Crippen LogP contribution in [0, 0.1) is 0 Å². The number of rotatable bonds is 4. The molecule has 2 aromatic heterocycles. The number of thiophene rings is 1. The fourth-order valence-corrected chi connectivity index (χ4v) is 2.58. The van der Waals surface area contributed by atoms with Gasteiger partial charge in [-0.1, -0.05) is 31.5 Å². The minimum absolute atomic E-state index is 0.0399. The molecule has 2 heterocycles. The minimum atomic E-state index is -0.330. The molecule has 0 aliphatic heterocycles. The van der Waals surface area contributed by atoms with Gasteiger partial charge >= 0.3 is 0 Å². The topological polar surface area (TPSA) is 57.8 Å². The second kappa shape index (κ2) is 5.12. The summed E-state index contributed by atoms with van der Waals surface area (Å²) in [5, 5.41) is 5.27. The van der Waals surface area contributed by atoms with Gasteiger partial charge in [0.05, 0.1) is 6.33 Å². The van der Waals surface area contributed by atoms with E-state index in [9.17, 15) is 4.79 Å². The molecule has 2 N–H and O–H groups in total. The summed E-state index contributed by atoms with van der Waals surface area (Å²) in [6.45, 7) is 4.92. The van der Waals surface area contributed by atoms with E-state index < -0.39 is 0 Å². The van der Waals surface area contributed by atoms with Crippen LogP contribution in [0.25, 0.3) is 0 Å². The Kier molecular flexibility index (Phi) is 3.73. The van der Waals surface area contributed by atoms with Gasteiger partial charge < -0.3 is 10.3 Å². The van der Waals surface area contributed by atoms with Crippen molar-refractivity contribution in [3.63, 3.8) is 0 Å². The number of anilines is 1. The molecule has 0 fully saturated rings. The third-order valence-electron chi connectivity index (χ3n) is 2.68. The Morgan fingerprint density at radius 2 is 2.33 bits per heavy atom. The molecular weight excluding hydrogens is 270 g/mol. The summed E-state index contributed by atoms with van der Waals surface area (Å²) >= 11 is 7.59. The second-order valence-electron chi connectivity index (χ2n) is 4.61. The molecule has 0 aromatic carbocycles. The first-order valence-electron chi connectivity index (χ1n) is 5.52. The lowest BCUT2D eigenvalue weighted by atomic mass is 9.91. The molecule has 0 aliphatic carbocycles. The average molecular weight is 284 g/mol. The Balaban J connectivity index is 2.12. The molecule has 0 unspecified atom stereocenters. The zero-order valence-corrected chi connectivity index (χ0v) is 11.7. The summed E-state index contributed by atoms with van der Waals surface area (Å²) in [5.41, 5.74) is -0.370. The summed E-state index contributed by atoms with van der Waals surface area (Å²) in [4.78, 5) is 19.1. The van der Waals surface area contributed by atoms with Gasteiger partial charge in [0, 0.05) is 16.8 Å². The highest BCUT2D eigenvalue weighted by atomic mass is 35.5. The SMILES string of the molecule is CC(C)(CNc1nc[nH]c(=O)c1Cl)c1cccs1. The van der Waals surface area contributed by atoms with Gasteiger partial charge in [-0.25, -0.2) is 4.98 Å². The Hall–Kier alpha value is -1.33. The van der Waals surface area contributed by atoms with Crippen LogP contribution in [0.5, 0.6) is 0 Å². The zero-order chi connectivity index (χ0) is 13.2. The molecule has 0 radical (unpaired) electrons. The Bertz CT molecular complexity index is 577. The van der Waals surface area contributed by atoms with Crippen LogP contribution in [-0.4, -0.2) is 16.5 Å². The molecule has 0 saturated carbocycles. The monoisotopic (exact) mass is 283 g/mol. The maximum atomic E-state index is 11.3. The average Bonchev–Trinajstić information content (AvgIpc) is 2.85. The van der Waals surface area contributed by atoms with Crippen molar-refractivity contribution in [1.29, 1.82) is 0 Å². The number of aromatic amines is 1. The van der Waals surface area contributed by atoms with Gasteiger partial charge in [-0.2, -0.15) is 0 Å². The van der Waals surface area contributed by atoms with Crippen LogP contribution in [0.15, 0.2) is 28.6 Å². The van der Waals surface area contributed by atoms with E-state index in [-0.39, 0.29) is 16.0 Å². The van der Waals surface area contributed by atoms with Gasteiger partial charge in [0.1, 0.15) is 5.02 Å². The molecule has 0 saturated heterocycles. The second-order valence-corrected chi connectivity index (χ2v) is 5.93. The van der Waals surface area contributed by atoms with Crippen LogP contribution in [0.4, 0.5) is 5.82 Å². The van der Waals surface area contributed by atoms with Crippen molar-refractivity contribution >= 4 is 28.8 Å². The smallest absolute Gasteiger partial charge is 0.271 e. The molecular formula is C12H14ClN3OS. The van der Waals surface area contributed by atoms with Gasteiger partial charge in [0.15, 0.2) is 5.82 Å². The van der Waals surface area contributed by atoms with Crippen LogP contribution in [-0.2, 0) is 5.41 Å². The van der Waals surface area contributed by atoms with Gasteiger partial charge in [-0.3, -0.25) is 4.79 Å². The number of hydrogen-bond donors (Lipinski definition) is 2. The molecule has 0 bridgehead atoms. The number of aromatic nitrogens is 2. The van der Waals surface area contributed by atoms with Crippen LogP contribution in [0.1, 0.15) is 18.7 Å².